The minimum atomic E-state index is -0.627. The van der Waals surface area contributed by atoms with Gasteiger partial charge in [-0.3, -0.25) is 4.79 Å². The highest BCUT2D eigenvalue weighted by Crippen LogP contribution is 2.13. The molecule has 0 saturated carbocycles. The lowest BCUT2D eigenvalue weighted by atomic mass is 10.2. The number of amides is 1. The van der Waals surface area contributed by atoms with Crippen LogP contribution in [0.5, 0.6) is 5.75 Å². The average molecular weight is 279 g/mol. The van der Waals surface area contributed by atoms with E-state index in [2.05, 4.69) is 10.1 Å². The summed E-state index contributed by atoms with van der Waals surface area (Å²) >= 11 is 0. The van der Waals surface area contributed by atoms with E-state index >= 15 is 0 Å². The summed E-state index contributed by atoms with van der Waals surface area (Å²) in [5.41, 5.74) is 1.14. The minimum Gasteiger partial charge on any atom is -0.484 e. The lowest BCUT2D eigenvalue weighted by Crippen LogP contribution is -2.43. The van der Waals surface area contributed by atoms with Gasteiger partial charge in [0, 0.05) is 0 Å². The average Bonchev–Trinajstić information content (AvgIpc) is 2.50. The molecule has 1 aromatic rings. The second kappa shape index (κ2) is 8.19. The predicted molar refractivity (Wildman–Crippen MR) is 75.6 cm³/mol. The number of nitrogens with one attached hydrogen (secondary N) is 1. The van der Waals surface area contributed by atoms with Crippen molar-refractivity contribution in [2.45, 2.75) is 32.7 Å². The van der Waals surface area contributed by atoms with Crippen LogP contribution in [0.15, 0.2) is 24.3 Å². The number of hydrogen-bond donors (Lipinski definition) is 1. The maximum absolute atomic E-state index is 11.7. The summed E-state index contributed by atoms with van der Waals surface area (Å²) in [6.07, 6.45) is 1.38. The molecule has 110 valence electrons. The number of carbonyl (C=O) groups is 2. The second-order valence-corrected chi connectivity index (χ2v) is 4.34. The fourth-order valence-electron chi connectivity index (χ4n) is 1.71. The van der Waals surface area contributed by atoms with E-state index in [1.165, 1.54) is 7.11 Å². The maximum atomic E-state index is 11.7. The molecule has 1 rings (SSSR count). The second-order valence-electron chi connectivity index (χ2n) is 4.34. The fraction of sp³-hybridized carbons (Fsp3) is 0.467. The number of methoxy groups -OCH3 is 1. The van der Waals surface area contributed by atoms with E-state index in [0.29, 0.717) is 12.2 Å². The quantitative estimate of drug-likeness (QED) is 0.771. The van der Waals surface area contributed by atoms with Crippen molar-refractivity contribution >= 4 is 11.9 Å². The number of rotatable bonds is 7. The molecule has 0 bridgehead atoms. The molecular weight excluding hydrogens is 258 g/mol. The minimum absolute atomic E-state index is 0.124. The van der Waals surface area contributed by atoms with Gasteiger partial charge in [0.2, 0.25) is 0 Å². The highest BCUT2D eigenvalue weighted by atomic mass is 16.5. The zero-order chi connectivity index (χ0) is 15.0. The van der Waals surface area contributed by atoms with Gasteiger partial charge in [-0.2, -0.15) is 0 Å². The normalized spacial score (nSPS) is 11.6. The Morgan fingerprint density at radius 2 is 2.05 bits per heavy atom. The molecule has 1 amide bonds. The van der Waals surface area contributed by atoms with Gasteiger partial charge in [0.15, 0.2) is 6.61 Å². The first-order chi connectivity index (χ1) is 9.60. The van der Waals surface area contributed by atoms with Crippen molar-refractivity contribution in [1.82, 2.24) is 5.32 Å². The molecule has 0 aliphatic carbocycles. The summed E-state index contributed by atoms with van der Waals surface area (Å²) in [6, 6.07) is 6.94. The van der Waals surface area contributed by atoms with Crippen molar-refractivity contribution < 1.29 is 19.1 Å². The summed E-state index contributed by atoms with van der Waals surface area (Å²) in [4.78, 5) is 23.1. The van der Waals surface area contributed by atoms with Crippen molar-refractivity contribution in [1.29, 1.82) is 0 Å². The first-order valence-corrected chi connectivity index (χ1v) is 6.69. The predicted octanol–water partition coefficient (Wildman–Crippen LogP) is 1.70. The molecule has 0 spiro atoms. The van der Waals surface area contributed by atoms with Crippen LogP contribution >= 0.6 is 0 Å². The first kappa shape index (κ1) is 16.0. The van der Waals surface area contributed by atoms with E-state index in [0.717, 1.165) is 12.0 Å². The molecule has 1 unspecified atom stereocenters. The highest BCUT2D eigenvalue weighted by Gasteiger charge is 2.19. The monoisotopic (exact) mass is 279 g/mol. The van der Waals surface area contributed by atoms with Crippen molar-refractivity contribution in [3.63, 3.8) is 0 Å². The van der Waals surface area contributed by atoms with Crippen LogP contribution in [0.2, 0.25) is 0 Å². The third-order valence-electron chi connectivity index (χ3n) is 2.91. The lowest BCUT2D eigenvalue weighted by Gasteiger charge is -2.14. The van der Waals surface area contributed by atoms with Crippen LogP contribution in [-0.2, 0) is 20.7 Å². The number of carbonyl (C=O) groups excluding carboxylic acids is 2. The number of esters is 1. The van der Waals surface area contributed by atoms with Gasteiger partial charge in [0.25, 0.3) is 5.91 Å². The van der Waals surface area contributed by atoms with E-state index in [1.807, 2.05) is 25.1 Å². The SMILES string of the molecule is CCc1cccc(OCC(=O)NC(CC)C(=O)OC)c1. The molecule has 0 heterocycles. The van der Waals surface area contributed by atoms with E-state index in [-0.39, 0.29) is 12.5 Å². The third kappa shape index (κ3) is 4.91. The molecule has 1 aromatic carbocycles. The molecule has 1 N–H and O–H groups in total. The van der Waals surface area contributed by atoms with Gasteiger partial charge in [-0.05, 0) is 30.5 Å². The van der Waals surface area contributed by atoms with Gasteiger partial charge in [0.05, 0.1) is 7.11 Å². The summed E-state index contributed by atoms with van der Waals surface area (Å²) in [6.45, 7) is 3.72. The Balaban J connectivity index is 2.48. The Labute approximate surface area is 119 Å². The van der Waals surface area contributed by atoms with Gasteiger partial charge in [-0.15, -0.1) is 0 Å². The molecule has 0 saturated heterocycles. The molecule has 0 aliphatic heterocycles. The summed E-state index contributed by atoms with van der Waals surface area (Å²) in [5, 5.41) is 2.58. The standard InChI is InChI=1S/C15H21NO4/c1-4-11-7-6-8-12(9-11)20-10-14(17)16-13(5-2)15(18)19-3/h6-9,13H,4-5,10H2,1-3H3,(H,16,17). The van der Waals surface area contributed by atoms with Gasteiger partial charge in [-0.1, -0.05) is 26.0 Å². The van der Waals surface area contributed by atoms with Crippen LogP contribution in [0.3, 0.4) is 0 Å². The molecule has 0 radical (unpaired) electrons. The number of ether oxygens (including phenoxy) is 2. The van der Waals surface area contributed by atoms with Gasteiger partial charge in [-0.25, -0.2) is 4.79 Å². The van der Waals surface area contributed by atoms with Crippen LogP contribution in [0.1, 0.15) is 25.8 Å². The number of hydrogen-bond acceptors (Lipinski definition) is 4. The van der Waals surface area contributed by atoms with Crippen molar-refractivity contribution in [2.75, 3.05) is 13.7 Å². The van der Waals surface area contributed by atoms with Gasteiger partial charge < -0.3 is 14.8 Å². The first-order valence-electron chi connectivity index (χ1n) is 6.69. The molecule has 0 aromatic heterocycles. The molecule has 0 fully saturated rings. The summed E-state index contributed by atoms with van der Waals surface area (Å²) in [7, 11) is 1.30. The third-order valence-corrected chi connectivity index (χ3v) is 2.91. The van der Waals surface area contributed by atoms with Crippen molar-refractivity contribution in [3.05, 3.63) is 29.8 Å². The van der Waals surface area contributed by atoms with E-state index in [1.54, 1.807) is 13.0 Å². The lowest BCUT2D eigenvalue weighted by molar-refractivity contribution is -0.145. The van der Waals surface area contributed by atoms with Crippen LogP contribution in [0, 0.1) is 0 Å². The Kier molecular flexibility index (Phi) is 6.56. The zero-order valence-electron chi connectivity index (χ0n) is 12.1. The summed E-state index contributed by atoms with van der Waals surface area (Å²) < 4.78 is 10.0. The molecule has 5 nitrogen and oxygen atoms in total. The van der Waals surface area contributed by atoms with Crippen LogP contribution < -0.4 is 10.1 Å². The molecule has 20 heavy (non-hydrogen) atoms. The Hall–Kier alpha value is -2.04. The molecular formula is C15H21NO4. The number of benzene rings is 1. The van der Waals surface area contributed by atoms with Gasteiger partial charge in [0.1, 0.15) is 11.8 Å². The Morgan fingerprint density at radius 1 is 1.30 bits per heavy atom. The summed E-state index contributed by atoms with van der Waals surface area (Å²) in [5.74, 6) is -0.149. The maximum Gasteiger partial charge on any atom is 0.328 e. The van der Waals surface area contributed by atoms with E-state index in [4.69, 9.17) is 4.74 Å². The van der Waals surface area contributed by atoms with E-state index in [9.17, 15) is 9.59 Å². The fourth-order valence-corrected chi connectivity index (χ4v) is 1.71. The highest BCUT2D eigenvalue weighted by molar-refractivity contribution is 5.85. The smallest absolute Gasteiger partial charge is 0.328 e. The number of aryl methyl sites for hydroxylation is 1. The topological polar surface area (TPSA) is 64.6 Å². The molecule has 0 aliphatic rings. The Bertz CT molecular complexity index is 459. The van der Waals surface area contributed by atoms with Crippen LogP contribution in [0.4, 0.5) is 0 Å². The Morgan fingerprint density at radius 3 is 2.65 bits per heavy atom. The van der Waals surface area contributed by atoms with Crippen LogP contribution in [-0.4, -0.2) is 31.6 Å². The van der Waals surface area contributed by atoms with Crippen molar-refractivity contribution in [3.8, 4) is 5.75 Å². The largest absolute Gasteiger partial charge is 0.484 e. The molecule has 1 atom stereocenters. The van der Waals surface area contributed by atoms with Gasteiger partial charge >= 0.3 is 5.97 Å². The zero-order valence-corrected chi connectivity index (χ0v) is 12.1. The van der Waals surface area contributed by atoms with E-state index < -0.39 is 12.0 Å². The van der Waals surface area contributed by atoms with Crippen molar-refractivity contribution in [2.24, 2.45) is 0 Å². The molecule has 5 heteroatoms. The van der Waals surface area contributed by atoms with Crippen LogP contribution in [0.25, 0.3) is 0 Å².